The van der Waals surface area contributed by atoms with E-state index in [-0.39, 0.29) is 5.91 Å². The van der Waals surface area contributed by atoms with Gasteiger partial charge < -0.3 is 10.6 Å². The van der Waals surface area contributed by atoms with Crippen LogP contribution in [0.25, 0.3) is 0 Å². The van der Waals surface area contributed by atoms with Crippen LogP contribution in [-0.4, -0.2) is 25.0 Å². The molecule has 1 atom stereocenters. The van der Waals surface area contributed by atoms with Crippen molar-refractivity contribution in [1.29, 1.82) is 0 Å². The first kappa shape index (κ1) is 12.2. The van der Waals surface area contributed by atoms with Crippen LogP contribution in [-0.2, 0) is 0 Å². The van der Waals surface area contributed by atoms with E-state index >= 15 is 0 Å². The molecule has 0 spiro atoms. The third-order valence-corrected chi connectivity index (χ3v) is 4.06. The Hall–Kier alpha value is -0.290. The lowest BCUT2D eigenvalue weighted by molar-refractivity contribution is 0.0951. The Morgan fingerprint density at radius 1 is 1.62 bits per heavy atom. The van der Waals surface area contributed by atoms with Gasteiger partial charge in [-0.05, 0) is 25.5 Å². The Morgan fingerprint density at radius 3 is 3.00 bits per heavy atom. The molecule has 2 rings (SSSR count). The quantitative estimate of drug-likeness (QED) is 0.892. The molecule has 3 nitrogen and oxygen atoms in total. The predicted octanol–water partition coefficient (Wildman–Crippen LogP) is 2.54. The van der Waals surface area contributed by atoms with Crippen LogP contribution in [0.1, 0.15) is 23.2 Å². The smallest absolute Gasteiger partial charge is 0.253 e. The van der Waals surface area contributed by atoms with E-state index in [9.17, 15) is 4.79 Å². The molecule has 2 heterocycles. The number of carbonyl (C=O) groups is 1. The molecule has 0 saturated carbocycles. The third-order valence-electron chi connectivity index (χ3n) is 2.57. The Kier molecular flexibility index (Phi) is 4.08. The first-order valence-electron chi connectivity index (χ1n) is 5.13. The van der Waals surface area contributed by atoms with Gasteiger partial charge >= 0.3 is 0 Å². The maximum absolute atomic E-state index is 11.8. The van der Waals surface area contributed by atoms with Gasteiger partial charge in [-0.1, -0.05) is 23.2 Å². The standard InChI is InChI=1S/C10H12Cl2N2OS/c11-8-4-7(9(12)16-8)10(15)14-5-6-2-1-3-13-6/h4,6,13H,1-3,5H2,(H,14,15). The van der Waals surface area contributed by atoms with Gasteiger partial charge in [0.05, 0.1) is 9.90 Å². The summed E-state index contributed by atoms with van der Waals surface area (Å²) in [6, 6.07) is 1.99. The van der Waals surface area contributed by atoms with Crippen molar-refractivity contribution in [3.05, 3.63) is 20.3 Å². The number of hydrogen-bond donors (Lipinski definition) is 2. The summed E-state index contributed by atoms with van der Waals surface area (Å²) in [5.74, 6) is -0.151. The van der Waals surface area contributed by atoms with Crippen LogP contribution >= 0.6 is 34.5 Å². The molecule has 1 amide bonds. The number of hydrogen-bond acceptors (Lipinski definition) is 3. The minimum absolute atomic E-state index is 0.151. The van der Waals surface area contributed by atoms with Gasteiger partial charge in [0.1, 0.15) is 4.34 Å². The fourth-order valence-corrected chi connectivity index (χ4v) is 3.20. The molecular formula is C10H12Cl2N2OS. The number of nitrogens with one attached hydrogen (secondary N) is 2. The van der Waals surface area contributed by atoms with Gasteiger partial charge in [-0.15, -0.1) is 11.3 Å². The minimum Gasteiger partial charge on any atom is -0.350 e. The summed E-state index contributed by atoms with van der Waals surface area (Å²) in [5.41, 5.74) is 0.467. The lowest BCUT2D eigenvalue weighted by Gasteiger charge is -2.10. The zero-order valence-corrected chi connectivity index (χ0v) is 10.9. The van der Waals surface area contributed by atoms with E-state index in [1.54, 1.807) is 6.07 Å². The Balaban J connectivity index is 1.90. The second-order valence-electron chi connectivity index (χ2n) is 3.74. The van der Waals surface area contributed by atoms with E-state index in [2.05, 4.69) is 10.6 Å². The molecule has 88 valence electrons. The molecular weight excluding hydrogens is 267 g/mol. The molecule has 0 radical (unpaired) electrons. The van der Waals surface area contributed by atoms with Gasteiger partial charge in [0.25, 0.3) is 5.91 Å². The molecule has 1 aromatic heterocycles. The second-order valence-corrected chi connectivity index (χ2v) is 6.03. The highest BCUT2D eigenvalue weighted by Crippen LogP contribution is 2.30. The maximum atomic E-state index is 11.8. The van der Waals surface area contributed by atoms with E-state index < -0.39 is 0 Å². The average molecular weight is 279 g/mol. The number of carbonyl (C=O) groups excluding carboxylic acids is 1. The van der Waals surface area contributed by atoms with Crippen LogP contribution in [0.3, 0.4) is 0 Å². The van der Waals surface area contributed by atoms with E-state index in [1.807, 2.05) is 0 Å². The lowest BCUT2D eigenvalue weighted by Crippen LogP contribution is -2.37. The normalized spacial score (nSPS) is 20.0. The molecule has 1 aliphatic heterocycles. The summed E-state index contributed by atoms with van der Waals surface area (Å²) >= 11 is 12.9. The van der Waals surface area contributed by atoms with Crippen molar-refractivity contribution in [2.75, 3.05) is 13.1 Å². The lowest BCUT2D eigenvalue weighted by atomic mass is 10.2. The van der Waals surface area contributed by atoms with Crippen LogP contribution in [0.15, 0.2) is 6.07 Å². The van der Waals surface area contributed by atoms with Crippen LogP contribution in [0, 0.1) is 0 Å². The van der Waals surface area contributed by atoms with Crippen molar-refractivity contribution in [3.8, 4) is 0 Å². The molecule has 0 bridgehead atoms. The average Bonchev–Trinajstić information content (AvgIpc) is 2.84. The maximum Gasteiger partial charge on any atom is 0.253 e. The number of rotatable bonds is 3. The first-order valence-corrected chi connectivity index (χ1v) is 6.70. The molecule has 16 heavy (non-hydrogen) atoms. The zero-order valence-electron chi connectivity index (χ0n) is 8.56. The SMILES string of the molecule is O=C(NCC1CCCN1)c1cc(Cl)sc1Cl. The van der Waals surface area contributed by atoms with Crippen LogP contribution in [0.4, 0.5) is 0 Å². The molecule has 1 fully saturated rings. The molecule has 6 heteroatoms. The Bertz CT molecular complexity index is 388. The van der Waals surface area contributed by atoms with Crippen LogP contribution in [0.2, 0.25) is 8.67 Å². The van der Waals surface area contributed by atoms with Gasteiger partial charge in [0, 0.05) is 12.6 Å². The van der Waals surface area contributed by atoms with E-state index in [4.69, 9.17) is 23.2 Å². The zero-order chi connectivity index (χ0) is 11.5. The molecule has 1 aliphatic rings. The highest BCUT2D eigenvalue weighted by Gasteiger charge is 2.17. The molecule has 1 unspecified atom stereocenters. The fourth-order valence-electron chi connectivity index (χ4n) is 1.74. The summed E-state index contributed by atoms with van der Waals surface area (Å²) < 4.78 is 0.982. The summed E-state index contributed by atoms with van der Waals surface area (Å²) in [4.78, 5) is 11.8. The van der Waals surface area contributed by atoms with E-state index in [0.29, 0.717) is 26.8 Å². The monoisotopic (exact) mass is 278 g/mol. The van der Waals surface area contributed by atoms with Crippen LogP contribution in [0.5, 0.6) is 0 Å². The predicted molar refractivity (Wildman–Crippen MR) is 67.7 cm³/mol. The van der Waals surface area contributed by atoms with Crippen molar-refractivity contribution >= 4 is 40.4 Å². The first-order chi connectivity index (χ1) is 7.66. The highest BCUT2D eigenvalue weighted by atomic mass is 35.5. The number of amides is 1. The summed E-state index contributed by atoms with van der Waals surface area (Å²) in [5, 5.41) is 6.17. The minimum atomic E-state index is -0.151. The number of thiophene rings is 1. The van der Waals surface area contributed by atoms with Crippen molar-refractivity contribution in [2.45, 2.75) is 18.9 Å². The van der Waals surface area contributed by atoms with Gasteiger partial charge in [-0.3, -0.25) is 4.79 Å². The van der Waals surface area contributed by atoms with Crippen LogP contribution < -0.4 is 10.6 Å². The van der Waals surface area contributed by atoms with E-state index in [0.717, 1.165) is 13.0 Å². The molecule has 0 aliphatic carbocycles. The number of halogens is 2. The topological polar surface area (TPSA) is 41.1 Å². The van der Waals surface area contributed by atoms with Crippen molar-refractivity contribution in [2.24, 2.45) is 0 Å². The van der Waals surface area contributed by atoms with E-state index in [1.165, 1.54) is 17.8 Å². The van der Waals surface area contributed by atoms with Gasteiger partial charge in [0.15, 0.2) is 0 Å². The van der Waals surface area contributed by atoms with Gasteiger partial charge in [-0.25, -0.2) is 0 Å². The van der Waals surface area contributed by atoms with Gasteiger partial charge in [-0.2, -0.15) is 0 Å². The summed E-state index contributed by atoms with van der Waals surface area (Å²) in [7, 11) is 0. The Morgan fingerprint density at radius 2 is 2.44 bits per heavy atom. The highest BCUT2D eigenvalue weighted by molar-refractivity contribution is 7.20. The second kappa shape index (κ2) is 5.36. The molecule has 1 saturated heterocycles. The largest absolute Gasteiger partial charge is 0.350 e. The van der Waals surface area contributed by atoms with Gasteiger partial charge in [0.2, 0.25) is 0 Å². The van der Waals surface area contributed by atoms with Crippen molar-refractivity contribution in [1.82, 2.24) is 10.6 Å². The molecule has 0 aromatic carbocycles. The van der Waals surface area contributed by atoms with Crippen molar-refractivity contribution < 1.29 is 4.79 Å². The molecule has 2 N–H and O–H groups in total. The molecule has 1 aromatic rings. The third kappa shape index (κ3) is 2.88. The van der Waals surface area contributed by atoms with Crippen molar-refractivity contribution in [3.63, 3.8) is 0 Å². The Labute approximate surface area is 108 Å². The fraction of sp³-hybridized carbons (Fsp3) is 0.500. The summed E-state index contributed by atoms with van der Waals surface area (Å²) in [6.45, 7) is 1.67. The summed E-state index contributed by atoms with van der Waals surface area (Å²) in [6.07, 6.45) is 2.28.